The van der Waals surface area contributed by atoms with Gasteiger partial charge in [-0.2, -0.15) is 0 Å². The van der Waals surface area contributed by atoms with E-state index in [9.17, 15) is 9.59 Å². The Balaban J connectivity index is 1.88. The number of esters is 1. The maximum absolute atomic E-state index is 11.8. The van der Waals surface area contributed by atoms with Crippen LogP contribution < -0.4 is 5.32 Å². The molecule has 0 spiro atoms. The molecule has 0 aliphatic rings. The third kappa shape index (κ3) is 4.06. The Labute approximate surface area is 130 Å². The number of carbonyl (C=O) groups is 2. The van der Waals surface area contributed by atoms with Crippen molar-refractivity contribution in [1.29, 1.82) is 0 Å². The summed E-state index contributed by atoms with van der Waals surface area (Å²) in [5.74, 6) is -0.867. The van der Waals surface area contributed by atoms with Crippen LogP contribution >= 0.6 is 22.6 Å². The van der Waals surface area contributed by atoms with E-state index in [1.165, 1.54) is 0 Å². The minimum absolute atomic E-state index is 0.307. The maximum atomic E-state index is 11.8. The van der Waals surface area contributed by atoms with Gasteiger partial charge in [0.05, 0.1) is 5.56 Å². The van der Waals surface area contributed by atoms with Crippen molar-refractivity contribution >= 4 is 40.2 Å². The summed E-state index contributed by atoms with van der Waals surface area (Å²) < 4.78 is 5.78. The van der Waals surface area contributed by atoms with Crippen LogP contribution in [0.15, 0.2) is 54.6 Å². The SMILES string of the molecule is O=C(COC(=O)c1ccccc1I)Nc1ccccc1. The third-order valence-corrected chi connectivity index (χ3v) is 3.43. The van der Waals surface area contributed by atoms with Crippen molar-refractivity contribution < 1.29 is 14.3 Å². The number of ether oxygens (including phenoxy) is 1. The van der Waals surface area contributed by atoms with Gasteiger partial charge in [-0.3, -0.25) is 4.79 Å². The number of anilines is 1. The summed E-state index contributed by atoms with van der Waals surface area (Å²) in [7, 11) is 0. The van der Waals surface area contributed by atoms with Crippen molar-refractivity contribution in [1.82, 2.24) is 0 Å². The molecular weight excluding hydrogens is 369 g/mol. The van der Waals surface area contributed by atoms with E-state index in [-0.39, 0.29) is 12.5 Å². The fourth-order valence-electron chi connectivity index (χ4n) is 1.55. The average molecular weight is 381 g/mol. The highest BCUT2D eigenvalue weighted by Gasteiger charge is 2.12. The lowest BCUT2D eigenvalue weighted by Gasteiger charge is -2.07. The van der Waals surface area contributed by atoms with Gasteiger partial charge < -0.3 is 10.1 Å². The van der Waals surface area contributed by atoms with E-state index in [0.717, 1.165) is 3.57 Å². The van der Waals surface area contributed by atoms with E-state index in [0.29, 0.717) is 11.3 Å². The molecule has 0 fully saturated rings. The molecule has 0 atom stereocenters. The van der Waals surface area contributed by atoms with E-state index in [2.05, 4.69) is 5.32 Å². The summed E-state index contributed by atoms with van der Waals surface area (Å²) in [6.45, 7) is -0.307. The van der Waals surface area contributed by atoms with Crippen LogP contribution in [-0.2, 0) is 9.53 Å². The largest absolute Gasteiger partial charge is 0.452 e. The first-order valence-corrected chi connectivity index (χ1v) is 7.01. The predicted octanol–water partition coefficient (Wildman–Crippen LogP) is 3.09. The van der Waals surface area contributed by atoms with E-state index in [4.69, 9.17) is 4.74 Å². The number of para-hydroxylation sites is 1. The number of amides is 1. The highest BCUT2D eigenvalue weighted by Crippen LogP contribution is 2.12. The van der Waals surface area contributed by atoms with Crippen LogP contribution in [0.5, 0.6) is 0 Å². The highest BCUT2D eigenvalue weighted by atomic mass is 127. The molecule has 102 valence electrons. The van der Waals surface area contributed by atoms with Crippen molar-refractivity contribution in [2.45, 2.75) is 0 Å². The molecule has 0 saturated carbocycles. The van der Waals surface area contributed by atoms with Crippen molar-refractivity contribution in [3.63, 3.8) is 0 Å². The average Bonchev–Trinajstić information content (AvgIpc) is 2.46. The Kier molecular flexibility index (Phi) is 5.11. The van der Waals surface area contributed by atoms with E-state index < -0.39 is 5.97 Å². The van der Waals surface area contributed by atoms with Gasteiger partial charge in [0.25, 0.3) is 5.91 Å². The summed E-state index contributed by atoms with van der Waals surface area (Å²) in [5, 5.41) is 2.65. The van der Waals surface area contributed by atoms with Gasteiger partial charge >= 0.3 is 5.97 Å². The maximum Gasteiger partial charge on any atom is 0.339 e. The van der Waals surface area contributed by atoms with Gasteiger partial charge in [-0.25, -0.2) is 4.79 Å². The number of nitrogens with one attached hydrogen (secondary N) is 1. The van der Waals surface area contributed by atoms with Gasteiger partial charge in [0.2, 0.25) is 0 Å². The summed E-state index contributed by atoms with van der Waals surface area (Å²) in [6, 6.07) is 16.1. The highest BCUT2D eigenvalue weighted by molar-refractivity contribution is 14.1. The second kappa shape index (κ2) is 7.04. The Morgan fingerprint density at radius 3 is 2.35 bits per heavy atom. The third-order valence-electron chi connectivity index (χ3n) is 2.49. The molecule has 0 saturated heterocycles. The van der Waals surface area contributed by atoms with Gasteiger partial charge in [0.15, 0.2) is 6.61 Å². The van der Waals surface area contributed by atoms with Crippen LogP contribution in [0, 0.1) is 3.57 Å². The molecule has 20 heavy (non-hydrogen) atoms. The molecule has 2 aromatic carbocycles. The molecule has 0 radical (unpaired) electrons. The second-order valence-electron chi connectivity index (χ2n) is 3.97. The molecule has 0 aliphatic carbocycles. The molecule has 0 aliphatic heterocycles. The minimum Gasteiger partial charge on any atom is -0.452 e. The van der Waals surface area contributed by atoms with Gasteiger partial charge in [-0.05, 0) is 46.9 Å². The van der Waals surface area contributed by atoms with Crippen molar-refractivity contribution in [2.24, 2.45) is 0 Å². The molecule has 1 N–H and O–H groups in total. The number of benzene rings is 2. The molecule has 1 amide bonds. The number of hydrogen-bond donors (Lipinski definition) is 1. The van der Waals surface area contributed by atoms with E-state index in [1.807, 2.05) is 46.9 Å². The van der Waals surface area contributed by atoms with Crippen LogP contribution in [0.25, 0.3) is 0 Å². The molecule has 0 bridgehead atoms. The minimum atomic E-state index is -0.502. The van der Waals surface area contributed by atoms with Gasteiger partial charge in [0, 0.05) is 9.26 Å². The molecule has 2 rings (SSSR count). The molecule has 0 heterocycles. The fourth-order valence-corrected chi connectivity index (χ4v) is 2.16. The second-order valence-corrected chi connectivity index (χ2v) is 5.13. The molecule has 5 heteroatoms. The first-order valence-electron chi connectivity index (χ1n) is 5.93. The Bertz CT molecular complexity index is 614. The number of carbonyl (C=O) groups excluding carboxylic acids is 2. The fraction of sp³-hybridized carbons (Fsp3) is 0.0667. The van der Waals surface area contributed by atoms with Crippen LogP contribution in [0.2, 0.25) is 0 Å². The molecule has 0 aromatic heterocycles. The molecular formula is C15H12INO3. The van der Waals surface area contributed by atoms with Crippen LogP contribution in [-0.4, -0.2) is 18.5 Å². The zero-order chi connectivity index (χ0) is 14.4. The lowest BCUT2D eigenvalue weighted by atomic mass is 10.2. The normalized spacial score (nSPS) is 9.85. The predicted molar refractivity (Wildman–Crippen MR) is 84.5 cm³/mol. The van der Waals surface area contributed by atoms with E-state index >= 15 is 0 Å². The van der Waals surface area contributed by atoms with Crippen molar-refractivity contribution in [2.75, 3.05) is 11.9 Å². The quantitative estimate of drug-likeness (QED) is 0.654. The topological polar surface area (TPSA) is 55.4 Å². The summed E-state index contributed by atoms with van der Waals surface area (Å²) in [6.07, 6.45) is 0. The zero-order valence-corrected chi connectivity index (χ0v) is 12.7. The Morgan fingerprint density at radius 1 is 1.00 bits per heavy atom. The van der Waals surface area contributed by atoms with Crippen molar-refractivity contribution in [3.05, 3.63) is 63.7 Å². The first kappa shape index (κ1) is 14.5. The summed E-state index contributed by atoms with van der Waals surface area (Å²) >= 11 is 2.05. The first-order chi connectivity index (χ1) is 9.66. The number of rotatable bonds is 4. The smallest absolute Gasteiger partial charge is 0.339 e. The number of halogens is 1. The summed E-state index contributed by atoms with van der Waals surface area (Å²) in [5.41, 5.74) is 1.13. The van der Waals surface area contributed by atoms with Crippen LogP contribution in [0.4, 0.5) is 5.69 Å². The molecule has 4 nitrogen and oxygen atoms in total. The Morgan fingerprint density at radius 2 is 1.65 bits per heavy atom. The van der Waals surface area contributed by atoms with Crippen molar-refractivity contribution in [3.8, 4) is 0 Å². The number of hydrogen-bond acceptors (Lipinski definition) is 3. The standard InChI is InChI=1S/C15H12INO3/c16-13-9-5-4-8-12(13)15(19)20-10-14(18)17-11-6-2-1-3-7-11/h1-9H,10H2,(H,17,18). The lowest BCUT2D eigenvalue weighted by molar-refractivity contribution is -0.119. The van der Waals surface area contributed by atoms with Gasteiger partial charge in [-0.1, -0.05) is 30.3 Å². The molecule has 0 unspecified atom stereocenters. The van der Waals surface area contributed by atoms with Crippen LogP contribution in [0.1, 0.15) is 10.4 Å². The van der Waals surface area contributed by atoms with Crippen LogP contribution in [0.3, 0.4) is 0 Å². The van der Waals surface area contributed by atoms with Gasteiger partial charge in [0.1, 0.15) is 0 Å². The molecule has 2 aromatic rings. The zero-order valence-electron chi connectivity index (χ0n) is 10.5. The van der Waals surface area contributed by atoms with Gasteiger partial charge in [-0.15, -0.1) is 0 Å². The lowest BCUT2D eigenvalue weighted by Crippen LogP contribution is -2.21. The van der Waals surface area contributed by atoms with E-state index in [1.54, 1.807) is 30.3 Å². The monoisotopic (exact) mass is 381 g/mol. The Hall–Kier alpha value is -1.89. The summed E-state index contributed by atoms with van der Waals surface area (Å²) in [4.78, 5) is 23.5.